The molecule has 2 aliphatic rings. The van der Waals surface area contributed by atoms with Crippen molar-refractivity contribution in [1.82, 2.24) is 0 Å². The molecule has 2 heterocycles. The lowest BCUT2D eigenvalue weighted by Gasteiger charge is -2.41. The van der Waals surface area contributed by atoms with Crippen molar-refractivity contribution in [2.45, 2.75) is 6.04 Å². The van der Waals surface area contributed by atoms with E-state index in [4.69, 9.17) is 9.92 Å². The molecular formula is C10H10BN2O3+. The molecule has 2 unspecified atom stereocenters. The largest absolute Gasteiger partial charge is 0.673 e. The standard InChI is InChI=1S/C10H10BN2O3/c1-13-7-8(14)9(13)10(15)16-11(13)5-3-2-4-6-12/h2-5,9H,7H2,1H3/q+1/b4-2+,5-3+. The van der Waals surface area contributed by atoms with E-state index in [-0.39, 0.29) is 5.78 Å². The average Bonchev–Trinajstić information content (AvgIpc) is 2.40. The van der Waals surface area contributed by atoms with Crippen molar-refractivity contribution in [3.63, 3.8) is 0 Å². The third-order valence-corrected chi connectivity index (χ3v) is 2.99. The van der Waals surface area contributed by atoms with Gasteiger partial charge in [-0.25, -0.2) is 4.79 Å². The highest BCUT2D eigenvalue weighted by atomic mass is 16.5. The number of Topliss-reactive ketones (excluding diaryl/α,β-unsaturated/α-hetero) is 1. The van der Waals surface area contributed by atoms with Gasteiger partial charge in [0.25, 0.3) is 5.78 Å². The van der Waals surface area contributed by atoms with Crippen molar-refractivity contribution in [2.75, 3.05) is 13.6 Å². The summed E-state index contributed by atoms with van der Waals surface area (Å²) in [5.41, 5.74) is 0. The number of carbonyl (C=O) groups is 2. The van der Waals surface area contributed by atoms with E-state index in [1.165, 1.54) is 6.08 Å². The summed E-state index contributed by atoms with van der Waals surface area (Å²) in [6.07, 6.45) is 4.54. The van der Waals surface area contributed by atoms with Gasteiger partial charge in [-0.3, -0.25) is 4.79 Å². The fraction of sp³-hybridized carbons (Fsp3) is 0.300. The van der Waals surface area contributed by atoms with E-state index in [0.29, 0.717) is 10.9 Å². The van der Waals surface area contributed by atoms with Gasteiger partial charge in [0, 0.05) is 12.1 Å². The van der Waals surface area contributed by atoms with Crippen LogP contribution in [0.5, 0.6) is 0 Å². The van der Waals surface area contributed by atoms with Crippen LogP contribution in [0.4, 0.5) is 0 Å². The second kappa shape index (κ2) is 3.61. The molecule has 2 rings (SSSR count). The molecule has 2 saturated heterocycles. The molecule has 5 nitrogen and oxygen atoms in total. The molecule has 2 atom stereocenters. The molecule has 0 N–H and O–H groups in total. The van der Waals surface area contributed by atoms with E-state index in [0.717, 1.165) is 0 Å². The summed E-state index contributed by atoms with van der Waals surface area (Å²) in [4.78, 5) is 22.6. The van der Waals surface area contributed by atoms with Crippen molar-refractivity contribution in [2.24, 2.45) is 0 Å². The van der Waals surface area contributed by atoms with Gasteiger partial charge in [-0.1, -0.05) is 12.2 Å². The van der Waals surface area contributed by atoms with Crippen LogP contribution >= 0.6 is 0 Å². The predicted octanol–water partition coefficient (Wildman–Crippen LogP) is -0.396. The Labute approximate surface area is 93.3 Å². The highest BCUT2D eigenvalue weighted by Gasteiger charge is 2.69. The van der Waals surface area contributed by atoms with Gasteiger partial charge >= 0.3 is 13.0 Å². The molecule has 2 fully saturated rings. The maximum absolute atomic E-state index is 11.4. The molecule has 0 amide bonds. The van der Waals surface area contributed by atoms with Crippen LogP contribution in [0.25, 0.3) is 0 Å². The number of nitrogens with zero attached hydrogens (tertiary/aromatic N) is 2. The number of fused-ring (bicyclic) bond motifs is 1. The van der Waals surface area contributed by atoms with Gasteiger partial charge in [0.15, 0.2) is 0 Å². The maximum Gasteiger partial charge on any atom is 0.673 e. The number of rotatable bonds is 2. The number of carbonyl (C=O) groups excluding carboxylic acids is 2. The zero-order valence-electron chi connectivity index (χ0n) is 8.79. The summed E-state index contributed by atoms with van der Waals surface area (Å²) in [5.74, 6) is 1.19. The molecule has 0 bridgehead atoms. The predicted molar refractivity (Wildman–Crippen MR) is 55.6 cm³/mol. The molecule has 16 heavy (non-hydrogen) atoms. The van der Waals surface area contributed by atoms with Gasteiger partial charge < -0.3 is 9.05 Å². The molecule has 2 aliphatic heterocycles. The lowest BCUT2D eigenvalue weighted by molar-refractivity contribution is -0.828. The average molecular weight is 217 g/mol. The lowest BCUT2D eigenvalue weighted by Crippen LogP contribution is -2.71. The second-order valence-corrected chi connectivity index (χ2v) is 4.07. The van der Waals surface area contributed by atoms with Crippen molar-refractivity contribution in [3.8, 4) is 6.07 Å². The van der Waals surface area contributed by atoms with Gasteiger partial charge in [0.05, 0.1) is 13.1 Å². The zero-order valence-corrected chi connectivity index (χ0v) is 8.79. The number of allylic oxidation sites excluding steroid dienone is 3. The van der Waals surface area contributed by atoms with Crippen LogP contribution in [-0.4, -0.2) is 42.8 Å². The number of hydrogen-bond acceptors (Lipinski definition) is 4. The van der Waals surface area contributed by atoms with Crippen LogP contribution in [0, 0.1) is 11.3 Å². The Bertz CT molecular complexity index is 451. The normalized spacial score (nSPS) is 32.8. The van der Waals surface area contributed by atoms with Crippen LogP contribution in [-0.2, 0) is 14.2 Å². The fourth-order valence-corrected chi connectivity index (χ4v) is 2.14. The SMILES string of the molecule is C[N+]12CC(=O)C1C(=O)OB2/C=C/C=C/C#N. The van der Waals surface area contributed by atoms with Crippen molar-refractivity contribution in [3.05, 3.63) is 24.2 Å². The minimum absolute atomic E-state index is 0.0593. The van der Waals surface area contributed by atoms with Gasteiger partial charge in [0.1, 0.15) is 6.54 Å². The van der Waals surface area contributed by atoms with E-state index < -0.39 is 19.1 Å². The van der Waals surface area contributed by atoms with Crippen molar-refractivity contribution >= 4 is 18.8 Å². The smallest absolute Gasteiger partial charge is 0.473 e. The molecule has 0 radical (unpaired) electrons. The van der Waals surface area contributed by atoms with Crippen molar-refractivity contribution < 1.29 is 18.6 Å². The minimum Gasteiger partial charge on any atom is -0.473 e. The van der Waals surface area contributed by atoms with Crippen molar-refractivity contribution in [1.29, 1.82) is 5.26 Å². The van der Waals surface area contributed by atoms with E-state index >= 15 is 0 Å². The number of nitriles is 1. The Morgan fingerprint density at radius 1 is 1.56 bits per heavy atom. The Morgan fingerprint density at radius 3 is 2.88 bits per heavy atom. The minimum atomic E-state index is -0.644. The van der Waals surface area contributed by atoms with E-state index in [1.54, 1.807) is 18.1 Å². The number of ketones is 1. The van der Waals surface area contributed by atoms with Gasteiger partial charge in [0.2, 0.25) is 6.04 Å². The summed E-state index contributed by atoms with van der Waals surface area (Å²) < 4.78 is 5.41. The summed E-state index contributed by atoms with van der Waals surface area (Å²) in [7, 11) is 1.40. The molecule has 0 aromatic heterocycles. The monoisotopic (exact) mass is 217 g/mol. The van der Waals surface area contributed by atoms with E-state index in [2.05, 4.69) is 0 Å². The number of hydrogen-bond donors (Lipinski definition) is 0. The Hall–Kier alpha value is -1.87. The maximum atomic E-state index is 11.4. The molecule has 0 aromatic rings. The Kier molecular flexibility index (Phi) is 2.40. The summed E-state index contributed by atoms with van der Waals surface area (Å²) in [6, 6.07) is 1.21. The van der Waals surface area contributed by atoms with Crippen LogP contribution in [0.1, 0.15) is 0 Å². The topological polar surface area (TPSA) is 67.2 Å². The first-order valence-electron chi connectivity index (χ1n) is 4.90. The molecule has 0 aromatic carbocycles. The molecule has 80 valence electrons. The summed E-state index contributed by atoms with van der Waals surface area (Å²) in [6.45, 7) is 0.327. The third-order valence-electron chi connectivity index (χ3n) is 2.99. The molecule has 0 saturated carbocycles. The second-order valence-electron chi connectivity index (χ2n) is 4.07. The highest BCUT2D eigenvalue weighted by Crippen LogP contribution is 2.33. The van der Waals surface area contributed by atoms with E-state index in [1.807, 2.05) is 13.1 Å². The number of quaternary nitrogens is 1. The highest BCUT2D eigenvalue weighted by molar-refractivity contribution is 6.56. The van der Waals surface area contributed by atoms with Gasteiger partial charge in [-0.05, 0) is 0 Å². The molecule has 0 aliphatic carbocycles. The van der Waals surface area contributed by atoms with Gasteiger partial charge in [-0.15, -0.1) is 0 Å². The van der Waals surface area contributed by atoms with Gasteiger partial charge in [-0.2, -0.15) is 5.26 Å². The summed E-state index contributed by atoms with van der Waals surface area (Å²) >= 11 is 0. The molecule has 0 spiro atoms. The van der Waals surface area contributed by atoms with Crippen LogP contribution < -0.4 is 0 Å². The van der Waals surface area contributed by atoms with Crippen LogP contribution in [0.3, 0.4) is 0 Å². The first kappa shape index (κ1) is 10.6. The zero-order chi connectivity index (χ0) is 11.8. The van der Waals surface area contributed by atoms with Crippen LogP contribution in [0.2, 0.25) is 0 Å². The first-order valence-corrected chi connectivity index (χ1v) is 4.90. The van der Waals surface area contributed by atoms with Crippen LogP contribution in [0.15, 0.2) is 24.2 Å². The summed E-state index contributed by atoms with van der Waals surface area (Å²) in [5, 5.41) is 8.29. The molecular weight excluding hydrogens is 207 g/mol. The molecule has 6 heteroatoms. The van der Waals surface area contributed by atoms with E-state index in [9.17, 15) is 9.59 Å². The number of likely N-dealkylation sites (N-methyl/N-ethyl adjacent to an activating group) is 1. The fourth-order valence-electron chi connectivity index (χ4n) is 2.14. The third kappa shape index (κ3) is 1.37. The Balaban J connectivity index is 2.12. The first-order chi connectivity index (χ1) is 7.59. The lowest BCUT2D eigenvalue weighted by atomic mass is 9.72. The Morgan fingerprint density at radius 2 is 2.31 bits per heavy atom. The quantitative estimate of drug-likeness (QED) is 0.273.